The van der Waals surface area contributed by atoms with Crippen LogP contribution in [0.1, 0.15) is 45.6 Å². The van der Waals surface area contributed by atoms with Crippen LogP contribution in [0.25, 0.3) is 0 Å². The molecule has 1 rings (SSSR count). The summed E-state index contributed by atoms with van der Waals surface area (Å²) in [5.41, 5.74) is 1.06. The van der Waals surface area contributed by atoms with Crippen molar-refractivity contribution in [3.63, 3.8) is 0 Å². The Labute approximate surface area is 92.3 Å². The van der Waals surface area contributed by atoms with Crippen LogP contribution in [-0.2, 0) is 13.0 Å². The molecule has 86 valence electrons. The molecule has 1 aromatic rings. The van der Waals surface area contributed by atoms with Gasteiger partial charge in [0.15, 0.2) is 6.39 Å². The lowest BCUT2D eigenvalue weighted by molar-refractivity contribution is 0.442. The van der Waals surface area contributed by atoms with Crippen molar-refractivity contribution in [2.24, 2.45) is 5.92 Å². The second kappa shape index (κ2) is 5.91. The molecule has 0 bridgehead atoms. The molecule has 0 fully saturated rings. The molecule has 0 amide bonds. The zero-order chi connectivity index (χ0) is 11.3. The zero-order valence-electron chi connectivity index (χ0n) is 10.2. The summed E-state index contributed by atoms with van der Waals surface area (Å²) in [4.78, 5) is 4.25. The maximum absolute atomic E-state index is 5.42. The van der Waals surface area contributed by atoms with Gasteiger partial charge < -0.3 is 9.73 Å². The van der Waals surface area contributed by atoms with Crippen molar-refractivity contribution in [3.8, 4) is 0 Å². The van der Waals surface area contributed by atoms with Crippen molar-refractivity contribution in [1.29, 1.82) is 0 Å². The molecule has 0 spiro atoms. The molecule has 0 saturated carbocycles. The maximum atomic E-state index is 5.42. The Morgan fingerprint density at radius 2 is 2.13 bits per heavy atom. The van der Waals surface area contributed by atoms with Gasteiger partial charge in [-0.1, -0.05) is 34.1 Å². The van der Waals surface area contributed by atoms with Gasteiger partial charge in [-0.05, 0) is 5.92 Å². The molecule has 3 heteroatoms. The lowest BCUT2D eigenvalue weighted by atomic mass is 10.0. The minimum atomic E-state index is 0.484. The molecular formula is C12H22N2O. The Bertz CT molecular complexity index is 281. The van der Waals surface area contributed by atoms with E-state index in [1.807, 2.05) is 0 Å². The second-order valence-corrected chi connectivity index (χ2v) is 4.48. The monoisotopic (exact) mass is 210 g/mol. The first-order chi connectivity index (χ1) is 7.13. The third-order valence-electron chi connectivity index (χ3n) is 2.63. The van der Waals surface area contributed by atoms with E-state index in [0.29, 0.717) is 12.0 Å². The highest BCUT2D eigenvalue weighted by Crippen LogP contribution is 2.14. The lowest BCUT2D eigenvalue weighted by Crippen LogP contribution is -2.22. The summed E-state index contributed by atoms with van der Waals surface area (Å²) < 4.78 is 5.42. The largest absolute Gasteiger partial charge is 0.448 e. The van der Waals surface area contributed by atoms with Crippen molar-refractivity contribution in [1.82, 2.24) is 10.3 Å². The van der Waals surface area contributed by atoms with E-state index in [-0.39, 0.29) is 0 Å². The molecule has 1 aromatic heterocycles. The fraction of sp³-hybridized carbons (Fsp3) is 0.750. The Hall–Kier alpha value is -0.830. The van der Waals surface area contributed by atoms with Gasteiger partial charge in [0.05, 0.1) is 5.69 Å². The van der Waals surface area contributed by atoms with Gasteiger partial charge in [0.25, 0.3) is 0 Å². The average Bonchev–Trinajstić information content (AvgIpc) is 2.62. The normalized spacial score (nSPS) is 13.4. The summed E-state index contributed by atoms with van der Waals surface area (Å²) in [6.45, 7) is 9.51. The molecule has 0 aliphatic heterocycles. The Morgan fingerprint density at radius 1 is 1.40 bits per heavy atom. The van der Waals surface area contributed by atoms with E-state index in [2.05, 4.69) is 38.0 Å². The second-order valence-electron chi connectivity index (χ2n) is 4.48. The van der Waals surface area contributed by atoms with E-state index in [9.17, 15) is 0 Å². The first-order valence-electron chi connectivity index (χ1n) is 5.78. The summed E-state index contributed by atoms with van der Waals surface area (Å²) in [6, 6.07) is 0.484. The van der Waals surface area contributed by atoms with Gasteiger partial charge in [-0.25, -0.2) is 4.98 Å². The highest BCUT2D eigenvalue weighted by atomic mass is 16.3. The van der Waals surface area contributed by atoms with Crippen molar-refractivity contribution < 1.29 is 4.42 Å². The highest BCUT2D eigenvalue weighted by Gasteiger charge is 2.11. The molecule has 3 nitrogen and oxygen atoms in total. The molecule has 15 heavy (non-hydrogen) atoms. The van der Waals surface area contributed by atoms with E-state index in [1.54, 1.807) is 6.39 Å². The van der Waals surface area contributed by atoms with E-state index < -0.39 is 0 Å². The fourth-order valence-corrected chi connectivity index (χ4v) is 1.37. The number of nitrogens with one attached hydrogen (secondary N) is 1. The van der Waals surface area contributed by atoms with E-state index in [0.717, 1.165) is 24.4 Å². The van der Waals surface area contributed by atoms with Crippen molar-refractivity contribution in [3.05, 3.63) is 17.8 Å². The predicted molar refractivity (Wildman–Crippen MR) is 61.6 cm³/mol. The Morgan fingerprint density at radius 3 is 2.73 bits per heavy atom. The van der Waals surface area contributed by atoms with Crippen LogP contribution in [0.3, 0.4) is 0 Å². The number of hydrogen-bond acceptors (Lipinski definition) is 3. The van der Waals surface area contributed by atoms with E-state index >= 15 is 0 Å². The third kappa shape index (κ3) is 4.04. The predicted octanol–water partition coefficient (Wildman–Crippen LogP) is 2.76. The highest BCUT2D eigenvalue weighted by molar-refractivity contribution is 5.07. The standard InChI is InChI=1S/C12H22N2O/c1-5-10(4)6-12-11(14-8-15-12)7-13-9(2)3/h8-10,13H,5-7H2,1-4H3. The maximum Gasteiger partial charge on any atom is 0.181 e. The molecule has 0 aliphatic carbocycles. The van der Waals surface area contributed by atoms with Crippen LogP contribution in [0.4, 0.5) is 0 Å². The van der Waals surface area contributed by atoms with Gasteiger partial charge in [0.1, 0.15) is 5.76 Å². The molecule has 0 radical (unpaired) electrons. The minimum Gasteiger partial charge on any atom is -0.448 e. The number of oxazole rings is 1. The van der Waals surface area contributed by atoms with Crippen molar-refractivity contribution in [2.75, 3.05) is 0 Å². The van der Waals surface area contributed by atoms with E-state index in [1.165, 1.54) is 6.42 Å². The smallest absolute Gasteiger partial charge is 0.181 e. The number of aromatic nitrogens is 1. The molecule has 1 heterocycles. The van der Waals surface area contributed by atoms with Gasteiger partial charge in [-0.3, -0.25) is 0 Å². The topological polar surface area (TPSA) is 38.1 Å². The van der Waals surface area contributed by atoms with Crippen LogP contribution >= 0.6 is 0 Å². The molecule has 0 aliphatic rings. The van der Waals surface area contributed by atoms with Crippen molar-refractivity contribution >= 4 is 0 Å². The number of rotatable bonds is 6. The third-order valence-corrected chi connectivity index (χ3v) is 2.63. The molecule has 0 aromatic carbocycles. The summed E-state index contributed by atoms with van der Waals surface area (Å²) in [6.07, 6.45) is 3.72. The van der Waals surface area contributed by atoms with Gasteiger partial charge in [-0.15, -0.1) is 0 Å². The van der Waals surface area contributed by atoms with Crippen molar-refractivity contribution in [2.45, 2.75) is 53.1 Å². The van der Waals surface area contributed by atoms with Crippen LogP contribution in [0.5, 0.6) is 0 Å². The Kier molecular flexibility index (Phi) is 4.82. The first-order valence-corrected chi connectivity index (χ1v) is 5.78. The minimum absolute atomic E-state index is 0.484. The molecule has 1 N–H and O–H groups in total. The van der Waals surface area contributed by atoms with Crippen LogP contribution in [-0.4, -0.2) is 11.0 Å². The van der Waals surface area contributed by atoms with Gasteiger partial charge >= 0.3 is 0 Å². The van der Waals surface area contributed by atoms with Crippen LogP contribution in [0.15, 0.2) is 10.8 Å². The van der Waals surface area contributed by atoms with E-state index in [4.69, 9.17) is 4.42 Å². The molecule has 0 saturated heterocycles. The number of nitrogens with zero attached hydrogens (tertiary/aromatic N) is 1. The van der Waals surface area contributed by atoms with Gasteiger partial charge in [0, 0.05) is 19.0 Å². The average molecular weight is 210 g/mol. The molecular weight excluding hydrogens is 188 g/mol. The van der Waals surface area contributed by atoms with Gasteiger partial charge in [-0.2, -0.15) is 0 Å². The van der Waals surface area contributed by atoms with Crippen LogP contribution < -0.4 is 5.32 Å². The van der Waals surface area contributed by atoms with Crippen LogP contribution in [0, 0.1) is 5.92 Å². The van der Waals surface area contributed by atoms with Crippen LogP contribution in [0.2, 0.25) is 0 Å². The SMILES string of the molecule is CCC(C)Cc1ocnc1CNC(C)C. The molecule has 1 atom stereocenters. The van der Waals surface area contributed by atoms with Gasteiger partial charge in [0.2, 0.25) is 0 Å². The summed E-state index contributed by atoms with van der Waals surface area (Å²) in [7, 11) is 0. The summed E-state index contributed by atoms with van der Waals surface area (Å²) in [5.74, 6) is 1.70. The quantitative estimate of drug-likeness (QED) is 0.784. The summed E-state index contributed by atoms with van der Waals surface area (Å²) >= 11 is 0. The summed E-state index contributed by atoms with van der Waals surface area (Å²) in [5, 5.41) is 3.36. The fourth-order valence-electron chi connectivity index (χ4n) is 1.37. The molecule has 1 unspecified atom stereocenters. The first kappa shape index (κ1) is 12.2. The Balaban J connectivity index is 2.53. The number of hydrogen-bond donors (Lipinski definition) is 1. The lowest BCUT2D eigenvalue weighted by Gasteiger charge is -2.09. The zero-order valence-corrected chi connectivity index (χ0v) is 10.2.